The number of carbonyl (C=O) groups is 1. The van der Waals surface area contributed by atoms with Gasteiger partial charge in [0.05, 0.1) is 5.92 Å². The topological polar surface area (TPSA) is 43.1 Å². The van der Waals surface area contributed by atoms with Crippen LogP contribution in [0.2, 0.25) is 0 Å². The van der Waals surface area contributed by atoms with E-state index in [4.69, 9.17) is 4.42 Å². The average Bonchev–Trinajstić information content (AvgIpc) is 2.82. The van der Waals surface area contributed by atoms with Gasteiger partial charge >= 0.3 is 0 Å². The van der Waals surface area contributed by atoms with Gasteiger partial charge in [-0.15, -0.1) is 0 Å². The fourth-order valence-corrected chi connectivity index (χ4v) is 3.47. The highest BCUT2D eigenvalue weighted by Crippen LogP contribution is 2.38. The zero-order valence-electron chi connectivity index (χ0n) is 10.7. The number of allylic oxidation sites excluding steroid dienone is 2. The number of fused-ring (bicyclic) bond motifs is 1. The van der Waals surface area contributed by atoms with E-state index < -0.39 is 0 Å². The van der Waals surface area contributed by atoms with Gasteiger partial charge in [0.15, 0.2) is 16.6 Å². The summed E-state index contributed by atoms with van der Waals surface area (Å²) in [6.45, 7) is 1.62. The Kier molecular flexibility index (Phi) is 3.42. The first kappa shape index (κ1) is 12.5. The maximum Gasteiger partial charge on any atom is 0.200 e. The molecule has 0 saturated carbocycles. The van der Waals surface area contributed by atoms with Gasteiger partial charge in [0, 0.05) is 12.2 Å². The number of thioether (sulfide) groups is 1. The van der Waals surface area contributed by atoms with Gasteiger partial charge in [0.1, 0.15) is 5.52 Å². The van der Waals surface area contributed by atoms with E-state index in [9.17, 15) is 4.79 Å². The summed E-state index contributed by atoms with van der Waals surface area (Å²) in [4.78, 5) is 15.9. The van der Waals surface area contributed by atoms with Crippen LogP contribution < -0.4 is 0 Å². The van der Waals surface area contributed by atoms with E-state index in [1.807, 2.05) is 24.3 Å². The molecule has 4 heteroatoms. The minimum atomic E-state index is 0.154. The summed E-state index contributed by atoms with van der Waals surface area (Å²) in [5, 5.41) is 0.386. The van der Waals surface area contributed by atoms with Crippen molar-refractivity contribution in [2.45, 2.75) is 30.9 Å². The van der Waals surface area contributed by atoms with E-state index in [1.165, 1.54) is 11.8 Å². The van der Waals surface area contributed by atoms with Crippen molar-refractivity contribution in [3.63, 3.8) is 0 Å². The molecule has 3 rings (SSSR count). The third-order valence-electron chi connectivity index (χ3n) is 3.32. The predicted molar refractivity (Wildman–Crippen MR) is 77.2 cm³/mol. The summed E-state index contributed by atoms with van der Waals surface area (Å²) in [5.41, 5.74) is 1.71. The zero-order valence-corrected chi connectivity index (χ0v) is 11.5. The van der Waals surface area contributed by atoms with Crippen LogP contribution in [0.1, 0.15) is 31.6 Å². The Hall–Kier alpha value is -1.55. The van der Waals surface area contributed by atoms with Gasteiger partial charge in [-0.3, -0.25) is 4.79 Å². The third kappa shape index (κ3) is 2.59. The molecule has 2 aromatic rings. The van der Waals surface area contributed by atoms with Gasteiger partial charge in [-0.25, -0.2) is 4.98 Å². The minimum Gasteiger partial charge on any atom is -0.440 e. The lowest BCUT2D eigenvalue weighted by Crippen LogP contribution is -2.19. The molecule has 3 nitrogen and oxygen atoms in total. The van der Waals surface area contributed by atoms with Gasteiger partial charge in [0.2, 0.25) is 0 Å². The molecule has 19 heavy (non-hydrogen) atoms. The van der Waals surface area contributed by atoms with Gasteiger partial charge < -0.3 is 4.42 Å². The number of rotatable bonds is 2. The smallest absolute Gasteiger partial charge is 0.200 e. The molecule has 0 fully saturated rings. The van der Waals surface area contributed by atoms with Gasteiger partial charge in [-0.05, 0) is 25.0 Å². The zero-order chi connectivity index (χ0) is 13.2. The van der Waals surface area contributed by atoms with Crippen molar-refractivity contribution in [3.8, 4) is 0 Å². The van der Waals surface area contributed by atoms with Crippen molar-refractivity contribution in [3.05, 3.63) is 42.3 Å². The number of nitrogens with zero attached hydrogens (tertiary/aromatic N) is 1. The van der Waals surface area contributed by atoms with Crippen molar-refractivity contribution >= 4 is 28.0 Å². The standard InChI is InChI=1S/C15H15NO2S/c1-10(17)19-14-9-5-2-6-11(14)15-16-12-7-3-4-8-13(12)18-15/h2-5,7-8,11,14H,6,9H2,1H3. The second-order valence-electron chi connectivity index (χ2n) is 4.72. The molecule has 0 spiro atoms. The molecule has 0 radical (unpaired) electrons. The highest BCUT2D eigenvalue weighted by atomic mass is 32.2. The first-order valence-corrected chi connectivity index (χ1v) is 7.29. The Morgan fingerprint density at radius 2 is 2.11 bits per heavy atom. The summed E-state index contributed by atoms with van der Waals surface area (Å²) in [5.74, 6) is 0.940. The Labute approximate surface area is 116 Å². The van der Waals surface area contributed by atoms with E-state index in [-0.39, 0.29) is 16.3 Å². The summed E-state index contributed by atoms with van der Waals surface area (Å²) >= 11 is 1.40. The molecule has 1 aliphatic carbocycles. The van der Waals surface area contributed by atoms with Crippen LogP contribution in [0.15, 0.2) is 40.8 Å². The molecular formula is C15H15NO2S. The Balaban J connectivity index is 1.93. The Morgan fingerprint density at radius 1 is 1.32 bits per heavy atom. The second kappa shape index (κ2) is 5.21. The van der Waals surface area contributed by atoms with Crippen LogP contribution in [0.4, 0.5) is 0 Å². The number of para-hydroxylation sites is 2. The van der Waals surface area contributed by atoms with Crippen molar-refractivity contribution in [2.75, 3.05) is 0 Å². The van der Waals surface area contributed by atoms with E-state index >= 15 is 0 Å². The maximum atomic E-state index is 11.3. The SMILES string of the molecule is CC(=O)SC1CC=CCC1c1nc2ccccc2o1. The Morgan fingerprint density at radius 3 is 2.89 bits per heavy atom. The highest BCUT2D eigenvalue weighted by molar-refractivity contribution is 8.14. The van der Waals surface area contributed by atoms with E-state index in [0.717, 1.165) is 29.8 Å². The summed E-state index contributed by atoms with van der Waals surface area (Å²) in [7, 11) is 0. The molecule has 2 atom stereocenters. The monoisotopic (exact) mass is 273 g/mol. The molecule has 98 valence electrons. The van der Waals surface area contributed by atoms with Crippen LogP contribution in [-0.4, -0.2) is 15.3 Å². The molecule has 0 aliphatic heterocycles. The van der Waals surface area contributed by atoms with E-state index in [2.05, 4.69) is 17.1 Å². The number of carbonyl (C=O) groups excluding carboxylic acids is 1. The van der Waals surface area contributed by atoms with Gasteiger partial charge in [-0.1, -0.05) is 36.0 Å². The fourth-order valence-electron chi connectivity index (χ4n) is 2.44. The molecule has 1 aliphatic rings. The number of hydrogen-bond acceptors (Lipinski definition) is 4. The average molecular weight is 273 g/mol. The number of aromatic nitrogens is 1. The molecule has 1 heterocycles. The first-order chi connectivity index (χ1) is 9.24. The quantitative estimate of drug-likeness (QED) is 0.778. The summed E-state index contributed by atoms with van der Waals surface area (Å²) in [6, 6.07) is 7.78. The molecule has 1 aromatic heterocycles. The summed E-state index contributed by atoms with van der Waals surface area (Å²) in [6.07, 6.45) is 6.07. The molecule has 0 bridgehead atoms. The predicted octanol–water partition coefficient (Wildman–Crippen LogP) is 3.91. The normalized spacial score (nSPS) is 22.8. The van der Waals surface area contributed by atoms with Crippen molar-refractivity contribution in [1.82, 2.24) is 4.98 Å². The van der Waals surface area contributed by atoms with Crippen LogP contribution in [0.5, 0.6) is 0 Å². The lowest BCUT2D eigenvalue weighted by Gasteiger charge is -2.24. The van der Waals surface area contributed by atoms with Crippen LogP contribution in [0.25, 0.3) is 11.1 Å². The number of oxazole rings is 1. The second-order valence-corrected chi connectivity index (χ2v) is 6.13. The van der Waals surface area contributed by atoms with Crippen LogP contribution in [0.3, 0.4) is 0 Å². The lowest BCUT2D eigenvalue weighted by atomic mass is 9.94. The molecule has 0 N–H and O–H groups in total. The van der Waals surface area contributed by atoms with Gasteiger partial charge in [0.25, 0.3) is 0 Å². The third-order valence-corrected chi connectivity index (χ3v) is 4.47. The summed E-state index contributed by atoms with van der Waals surface area (Å²) < 4.78 is 5.85. The van der Waals surface area contributed by atoms with Crippen LogP contribution >= 0.6 is 11.8 Å². The molecule has 1 aromatic carbocycles. The van der Waals surface area contributed by atoms with E-state index in [1.54, 1.807) is 6.92 Å². The molecule has 0 saturated heterocycles. The van der Waals surface area contributed by atoms with Crippen LogP contribution in [-0.2, 0) is 4.79 Å². The number of hydrogen-bond donors (Lipinski definition) is 0. The minimum absolute atomic E-state index is 0.154. The molecule has 2 unspecified atom stereocenters. The van der Waals surface area contributed by atoms with Crippen molar-refractivity contribution in [1.29, 1.82) is 0 Å². The van der Waals surface area contributed by atoms with Crippen molar-refractivity contribution < 1.29 is 9.21 Å². The van der Waals surface area contributed by atoms with Gasteiger partial charge in [-0.2, -0.15) is 0 Å². The maximum absolute atomic E-state index is 11.3. The lowest BCUT2D eigenvalue weighted by molar-refractivity contribution is -0.109. The highest BCUT2D eigenvalue weighted by Gasteiger charge is 2.29. The first-order valence-electron chi connectivity index (χ1n) is 6.42. The van der Waals surface area contributed by atoms with Crippen molar-refractivity contribution in [2.24, 2.45) is 0 Å². The van der Waals surface area contributed by atoms with E-state index in [0.29, 0.717) is 0 Å². The fraction of sp³-hybridized carbons (Fsp3) is 0.333. The Bertz CT molecular complexity index is 599. The largest absolute Gasteiger partial charge is 0.440 e. The van der Waals surface area contributed by atoms with Crippen LogP contribution in [0, 0.1) is 0 Å². The molecular weight excluding hydrogens is 258 g/mol. The number of benzene rings is 1. The molecule has 0 amide bonds.